The third-order valence-electron chi connectivity index (χ3n) is 9.16. The summed E-state index contributed by atoms with van der Waals surface area (Å²) in [7, 11) is 0. The number of fused-ring (bicyclic) bond motifs is 1. The van der Waals surface area contributed by atoms with E-state index in [1.54, 1.807) is 0 Å². The molecule has 2 fully saturated rings. The molecule has 1 saturated carbocycles. The lowest BCUT2D eigenvalue weighted by atomic mass is 9.82. The summed E-state index contributed by atoms with van der Waals surface area (Å²) in [6, 6.07) is 15.4. The average molecular weight is 580 g/mol. The predicted molar refractivity (Wildman–Crippen MR) is 158 cm³/mol. The molecule has 2 aromatic rings. The fraction of sp³-hybridized carbons (Fsp3) is 0.576. The van der Waals surface area contributed by atoms with Crippen LogP contribution >= 0.6 is 0 Å². The van der Waals surface area contributed by atoms with Crippen molar-refractivity contribution >= 4 is 12.0 Å². The van der Waals surface area contributed by atoms with Crippen LogP contribution in [0.4, 0.5) is 4.79 Å². The molecule has 0 radical (unpaired) electrons. The van der Waals surface area contributed by atoms with E-state index in [2.05, 4.69) is 10.6 Å². The summed E-state index contributed by atoms with van der Waals surface area (Å²) in [5.41, 5.74) is 8.86. The molecule has 1 aliphatic heterocycles. The topological polar surface area (TPSA) is 143 Å². The van der Waals surface area contributed by atoms with Crippen LogP contribution < -0.4 is 16.4 Å². The standard InChI is InChI=1S/C33H45N3O6/c34-29-25-13-7-8-14-26(25)30(31(29)38)36-32(39)23(17-21-9-3-1-4-10-21)19-28(37)27(18-22-11-5-2-6-12-22)35-33(40)42-24-15-16-41-20-24/h1,3-4,7-10,13-14,22-24,27-31,37-38H,2,5-6,11-12,15-20,34H2,(H,35,40)(H,36,39)/t23-,24+,27+,28+,29-,30+,31-/m1/s1. The van der Waals surface area contributed by atoms with Crippen LogP contribution in [0.25, 0.3) is 0 Å². The van der Waals surface area contributed by atoms with E-state index in [9.17, 15) is 19.8 Å². The van der Waals surface area contributed by atoms with Crippen LogP contribution in [-0.2, 0) is 20.7 Å². The zero-order valence-corrected chi connectivity index (χ0v) is 24.2. The Morgan fingerprint density at radius 3 is 2.43 bits per heavy atom. The van der Waals surface area contributed by atoms with E-state index in [1.165, 1.54) is 6.42 Å². The van der Waals surface area contributed by atoms with Gasteiger partial charge in [0.25, 0.3) is 0 Å². The number of nitrogens with one attached hydrogen (secondary N) is 2. The number of rotatable bonds is 11. The van der Waals surface area contributed by atoms with Crippen LogP contribution in [0.5, 0.6) is 0 Å². The number of benzene rings is 2. The summed E-state index contributed by atoms with van der Waals surface area (Å²) in [5.74, 6) is -0.483. The Labute approximate surface area is 248 Å². The van der Waals surface area contributed by atoms with Crippen LogP contribution in [0.3, 0.4) is 0 Å². The van der Waals surface area contributed by atoms with Gasteiger partial charge in [-0.15, -0.1) is 0 Å². The van der Waals surface area contributed by atoms with Crippen molar-refractivity contribution in [1.82, 2.24) is 10.6 Å². The molecule has 1 saturated heterocycles. The second-order valence-electron chi connectivity index (χ2n) is 12.2. The van der Waals surface area contributed by atoms with Crippen LogP contribution in [0.15, 0.2) is 54.6 Å². The number of aliphatic hydroxyl groups is 2. The highest BCUT2D eigenvalue weighted by Crippen LogP contribution is 2.38. The molecule has 0 unspecified atom stereocenters. The predicted octanol–water partition coefficient (Wildman–Crippen LogP) is 3.68. The minimum Gasteiger partial charge on any atom is -0.444 e. The van der Waals surface area contributed by atoms with Gasteiger partial charge in [0.15, 0.2) is 0 Å². The summed E-state index contributed by atoms with van der Waals surface area (Å²) in [5, 5.41) is 28.5. The normalized spacial score (nSPS) is 26.2. The molecule has 6 N–H and O–H groups in total. The number of carbonyl (C=O) groups excluding carboxylic acids is 2. The molecule has 0 bridgehead atoms. The van der Waals surface area contributed by atoms with Gasteiger partial charge >= 0.3 is 6.09 Å². The third kappa shape index (κ3) is 7.69. The summed E-state index contributed by atoms with van der Waals surface area (Å²) in [6.07, 6.45) is 4.66. The highest BCUT2D eigenvalue weighted by atomic mass is 16.6. The maximum atomic E-state index is 13.9. The van der Waals surface area contributed by atoms with Crippen molar-refractivity contribution in [2.24, 2.45) is 17.6 Å². The fourth-order valence-corrected chi connectivity index (χ4v) is 6.78. The van der Waals surface area contributed by atoms with Crippen molar-refractivity contribution in [2.45, 2.75) is 94.2 Å². The molecular formula is C33H45N3O6. The smallest absolute Gasteiger partial charge is 0.407 e. The average Bonchev–Trinajstić information content (AvgIpc) is 3.60. The summed E-state index contributed by atoms with van der Waals surface area (Å²) in [4.78, 5) is 26.7. The minimum absolute atomic E-state index is 0.140. The van der Waals surface area contributed by atoms with Crippen molar-refractivity contribution in [3.05, 3.63) is 71.3 Å². The van der Waals surface area contributed by atoms with E-state index in [4.69, 9.17) is 15.2 Å². The van der Waals surface area contributed by atoms with Crippen LogP contribution in [0.1, 0.15) is 80.1 Å². The minimum atomic E-state index is -0.971. The Hall–Kier alpha value is -2.98. The molecule has 228 valence electrons. The summed E-state index contributed by atoms with van der Waals surface area (Å²) < 4.78 is 10.9. The van der Waals surface area contributed by atoms with Gasteiger partial charge in [-0.25, -0.2) is 4.79 Å². The summed E-state index contributed by atoms with van der Waals surface area (Å²) >= 11 is 0. The number of alkyl carbamates (subject to hydrolysis) is 1. The molecule has 0 aromatic heterocycles. The van der Waals surface area contributed by atoms with Crippen LogP contribution in [0, 0.1) is 11.8 Å². The molecule has 7 atom stereocenters. The number of aliphatic hydroxyl groups excluding tert-OH is 2. The maximum absolute atomic E-state index is 13.9. The van der Waals surface area contributed by atoms with E-state index < -0.39 is 42.3 Å². The van der Waals surface area contributed by atoms with Crippen molar-refractivity contribution < 1.29 is 29.3 Å². The molecule has 1 heterocycles. The van der Waals surface area contributed by atoms with Crippen molar-refractivity contribution in [3.8, 4) is 0 Å². The molecule has 0 spiro atoms. The Kier molecular flexibility index (Phi) is 10.5. The third-order valence-corrected chi connectivity index (χ3v) is 9.16. The van der Waals surface area contributed by atoms with Crippen molar-refractivity contribution in [3.63, 3.8) is 0 Å². The lowest BCUT2D eigenvalue weighted by Crippen LogP contribution is -2.48. The Bertz CT molecular complexity index is 1170. The quantitative estimate of drug-likeness (QED) is 0.273. The number of ether oxygens (including phenoxy) is 2. The molecule has 9 nitrogen and oxygen atoms in total. The first-order valence-corrected chi connectivity index (χ1v) is 15.5. The lowest BCUT2D eigenvalue weighted by molar-refractivity contribution is -0.127. The van der Waals surface area contributed by atoms with Gasteiger partial charge in [-0.1, -0.05) is 86.7 Å². The Balaban J connectivity index is 1.32. The number of nitrogens with two attached hydrogens (primary N) is 1. The van der Waals surface area contributed by atoms with Crippen LogP contribution in [-0.4, -0.2) is 59.8 Å². The number of hydrogen-bond donors (Lipinski definition) is 5. The number of hydrogen-bond acceptors (Lipinski definition) is 7. The molecule has 5 rings (SSSR count). The molecular weight excluding hydrogens is 534 g/mol. The molecule has 42 heavy (non-hydrogen) atoms. The van der Waals surface area contributed by atoms with Gasteiger partial charge in [-0.05, 0) is 41.9 Å². The van der Waals surface area contributed by atoms with E-state index >= 15 is 0 Å². The highest BCUT2D eigenvalue weighted by molar-refractivity contribution is 5.80. The molecule has 2 aromatic carbocycles. The van der Waals surface area contributed by atoms with E-state index in [0.717, 1.165) is 42.4 Å². The first kappa shape index (κ1) is 30.5. The van der Waals surface area contributed by atoms with Gasteiger partial charge in [0.2, 0.25) is 5.91 Å². The van der Waals surface area contributed by atoms with Gasteiger partial charge < -0.3 is 36.1 Å². The Morgan fingerprint density at radius 1 is 1.00 bits per heavy atom. The van der Waals surface area contributed by atoms with E-state index in [-0.39, 0.29) is 18.4 Å². The van der Waals surface area contributed by atoms with Gasteiger partial charge in [-0.3, -0.25) is 4.79 Å². The fourth-order valence-electron chi connectivity index (χ4n) is 6.78. The first-order chi connectivity index (χ1) is 20.4. The van der Waals surface area contributed by atoms with Gasteiger partial charge in [0.1, 0.15) is 6.10 Å². The second-order valence-corrected chi connectivity index (χ2v) is 12.2. The van der Waals surface area contributed by atoms with E-state index in [0.29, 0.717) is 38.4 Å². The number of amides is 2. The van der Waals surface area contributed by atoms with Crippen LogP contribution in [0.2, 0.25) is 0 Å². The van der Waals surface area contributed by atoms with Gasteiger partial charge in [0.05, 0.1) is 43.5 Å². The van der Waals surface area contributed by atoms with E-state index in [1.807, 2.05) is 54.6 Å². The van der Waals surface area contributed by atoms with Crippen molar-refractivity contribution in [1.29, 1.82) is 0 Å². The lowest BCUT2D eigenvalue weighted by Gasteiger charge is -2.32. The zero-order valence-electron chi connectivity index (χ0n) is 24.2. The molecule has 3 aliphatic rings. The maximum Gasteiger partial charge on any atom is 0.407 e. The zero-order chi connectivity index (χ0) is 29.5. The molecule has 2 aliphatic carbocycles. The second kappa shape index (κ2) is 14.5. The van der Waals surface area contributed by atoms with Crippen molar-refractivity contribution in [2.75, 3.05) is 13.2 Å². The van der Waals surface area contributed by atoms with Gasteiger partial charge in [0, 0.05) is 12.3 Å². The highest BCUT2D eigenvalue weighted by Gasteiger charge is 2.40. The number of carbonyl (C=O) groups is 2. The Morgan fingerprint density at radius 2 is 1.71 bits per heavy atom. The summed E-state index contributed by atoms with van der Waals surface area (Å²) in [6.45, 7) is 0.940. The van der Waals surface area contributed by atoms with Gasteiger partial charge in [-0.2, -0.15) is 0 Å². The molecule has 9 heteroatoms. The molecule has 2 amide bonds. The SMILES string of the molecule is N[C@@H]1c2ccccc2[C@H](NC(=O)[C@H](Cc2ccccc2)C[C@H](O)[C@H](CC2CCCCC2)NC(=O)O[C@H]2CCOC2)[C@@H]1O. The first-order valence-electron chi connectivity index (χ1n) is 15.5. The monoisotopic (exact) mass is 579 g/mol. The largest absolute Gasteiger partial charge is 0.444 e.